The van der Waals surface area contributed by atoms with E-state index in [4.69, 9.17) is 14.5 Å². The van der Waals surface area contributed by atoms with Crippen LogP contribution in [0.15, 0.2) is 40.9 Å². The molecular formula is C32H44N4O3. The quantitative estimate of drug-likeness (QED) is 0.369. The van der Waals surface area contributed by atoms with E-state index < -0.39 is 0 Å². The molecule has 0 unspecified atom stereocenters. The van der Waals surface area contributed by atoms with E-state index in [-0.39, 0.29) is 5.41 Å². The molecule has 39 heavy (non-hydrogen) atoms. The van der Waals surface area contributed by atoms with Gasteiger partial charge >= 0.3 is 0 Å². The second kappa shape index (κ2) is 13.9. The molecule has 1 aliphatic carbocycles. The van der Waals surface area contributed by atoms with Gasteiger partial charge in [0.05, 0.1) is 17.3 Å². The molecular weight excluding hydrogens is 488 g/mol. The number of piperidine rings is 1. The number of rotatable bonds is 9. The SMILES string of the molecule is CNC.Cc1c(OCc2ccc(C#N)cc2)ccc2c(CCC3CCN(CC4(CO)CCCC4)CC3)noc12. The lowest BCUT2D eigenvalue weighted by molar-refractivity contribution is 0.0602. The molecule has 2 N–H and O–H groups in total. The van der Waals surface area contributed by atoms with E-state index in [1.165, 1.54) is 38.5 Å². The monoisotopic (exact) mass is 532 g/mol. The Morgan fingerprint density at radius 1 is 1.13 bits per heavy atom. The van der Waals surface area contributed by atoms with E-state index >= 15 is 0 Å². The van der Waals surface area contributed by atoms with Gasteiger partial charge in [-0.2, -0.15) is 5.26 Å². The van der Waals surface area contributed by atoms with E-state index in [0.29, 0.717) is 18.8 Å². The van der Waals surface area contributed by atoms with Crippen LogP contribution in [0.2, 0.25) is 0 Å². The minimum atomic E-state index is 0.162. The van der Waals surface area contributed by atoms with Crippen molar-refractivity contribution < 1.29 is 14.4 Å². The minimum absolute atomic E-state index is 0.162. The first-order valence-corrected chi connectivity index (χ1v) is 14.4. The van der Waals surface area contributed by atoms with Crippen molar-refractivity contribution in [3.05, 3.63) is 58.8 Å². The number of nitrogens with zero attached hydrogens (tertiary/aromatic N) is 3. The Labute approximate surface area is 233 Å². The number of hydrogen-bond acceptors (Lipinski definition) is 7. The van der Waals surface area contributed by atoms with Crippen molar-refractivity contribution in [2.75, 3.05) is 40.3 Å². The first-order valence-electron chi connectivity index (χ1n) is 14.4. The number of nitrogens with one attached hydrogen (secondary N) is 1. The lowest BCUT2D eigenvalue weighted by atomic mass is 9.84. The van der Waals surface area contributed by atoms with Crippen LogP contribution >= 0.6 is 0 Å². The van der Waals surface area contributed by atoms with Crippen LogP contribution in [0.3, 0.4) is 0 Å². The van der Waals surface area contributed by atoms with Gasteiger partial charge in [-0.05, 0) is 108 Å². The highest BCUT2D eigenvalue weighted by atomic mass is 16.5. The molecule has 2 heterocycles. The first kappa shape index (κ1) is 29.1. The maximum Gasteiger partial charge on any atom is 0.173 e. The normalized spacial score (nSPS) is 17.5. The molecule has 1 saturated heterocycles. The lowest BCUT2D eigenvalue weighted by Crippen LogP contribution is -2.42. The summed E-state index contributed by atoms with van der Waals surface area (Å²) in [5.74, 6) is 1.52. The van der Waals surface area contributed by atoms with E-state index in [0.717, 1.165) is 71.9 Å². The largest absolute Gasteiger partial charge is 0.488 e. The summed E-state index contributed by atoms with van der Waals surface area (Å²) >= 11 is 0. The molecule has 0 amide bonds. The van der Waals surface area contributed by atoms with Crippen LogP contribution < -0.4 is 10.1 Å². The Morgan fingerprint density at radius 3 is 2.46 bits per heavy atom. The maximum absolute atomic E-state index is 9.95. The van der Waals surface area contributed by atoms with Gasteiger partial charge in [-0.25, -0.2) is 0 Å². The Kier molecular flexibility index (Phi) is 10.4. The number of benzene rings is 2. The molecule has 1 aromatic heterocycles. The number of aromatic nitrogens is 1. The van der Waals surface area contributed by atoms with Gasteiger partial charge in [0.15, 0.2) is 5.58 Å². The molecule has 2 aliphatic rings. The van der Waals surface area contributed by atoms with Gasteiger partial charge < -0.3 is 24.6 Å². The summed E-state index contributed by atoms with van der Waals surface area (Å²) in [6, 6.07) is 13.7. The van der Waals surface area contributed by atoms with Crippen molar-refractivity contribution in [2.45, 2.75) is 64.9 Å². The average Bonchev–Trinajstić information content (AvgIpc) is 3.61. The molecule has 7 heteroatoms. The summed E-state index contributed by atoms with van der Waals surface area (Å²) in [4.78, 5) is 2.59. The van der Waals surface area contributed by atoms with Crippen molar-refractivity contribution in [3.8, 4) is 11.8 Å². The summed E-state index contributed by atoms with van der Waals surface area (Å²) in [7, 11) is 3.75. The molecule has 2 fully saturated rings. The third-order valence-corrected chi connectivity index (χ3v) is 8.45. The third-order valence-electron chi connectivity index (χ3n) is 8.45. The van der Waals surface area contributed by atoms with E-state index in [1.54, 1.807) is 0 Å². The van der Waals surface area contributed by atoms with Crippen LogP contribution in [0.25, 0.3) is 11.0 Å². The lowest BCUT2D eigenvalue weighted by Gasteiger charge is -2.38. The van der Waals surface area contributed by atoms with Crippen LogP contribution in [-0.2, 0) is 13.0 Å². The Morgan fingerprint density at radius 2 is 1.82 bits per heavy atom. The standard InChI is InChI=1S/C30H37N3O3.C2H7N/c1-22-28(35-19-25-6-4-24(18-31)5-7-25)11-9-26-27(32-36-29(22)26)10-8-23-12-16-33(17-13-23)20-30(21-34)14-2-3-15-30;1-3-2/h4-7,9,11,23,34H,2-3,8,10,12-17,19-21H2,1H3;3H,1-2H3. The van der Waals surface area contributed by atoms with Crippen molar-refractivity contribution in [3.63, 3.8) is 0 Å². The number of hydrogen-bond donors (Lipinski definition) is 2. The number of fused-ring (bicyclic) bond motifs is 1. The van der Waals surface area contributed by atoms with Crippen molar-refractivity contribution in [1.82, 2.24) is 15.4 Å². The summed E-state index contributed by atoms with van der Waals surface area (Å²) < 4.78 is 11.8. The van der Waals surface area contributed by atoms with Gasteiger partial charge in [-0.15, -0.1) is 0 Å². The Hall–Kier alpha value is -2.92. The highest BCUT2D eigenvalue weighted by Gasteiger charge is 2.35. The molecule has 0 radical (unpaired) electrons. The predicted molar refractivity (Wildman–Crippen MR) is 155 cm³/mol. The fourth-order valence-electron chi connectivity index (χ4n) is 6.08. The molecule has 7 nitrogen and oxygen atoms in total. The maximum atomic E-state index is 9.95. The van der Waals surface area contributed by atoms with Crippen LogP contribution in [0.4, 0.5) is 0 Å². The molecule has 0 atom stereocenters. The van der Waals surface area contributed by atoms with Crippen LogP contribution in [0, 0.1) is 29.6 Å². The Balaban J connectivity index is 0.00000112. The van der Waals surface area contributed by atoms with Gasteiger partial charge in [0.25, 0.3) is 0 Å². The number of aliphatic hydroxyl groups excluding tert-OH is 1. The fourth-order valence-corrected chi connectivity index (χ4v) is 6.08. The highest BCUT2D eigenvalue weighted by molar-refractivity contribution is 5.84. The van der Waals surface area contributed by atoms with Gasteiger partial charge in [-0.1, -0.05) is 30.1 Å². The van der Waals surface area contributed by atoms with Crippen molar-refractivity contribution in [1.29, 1.82) is 5.26 Å². The van der Waals surface area contributed by atoms with E-state index in [2.05, 4.69) is 27.5 Å². The number of aryl methyl sites for hydroxylation is 2. The second-order valence-corrected chi connectivity index (χ2v) is 11.4. The molecule has 1 saturated carbocycles. The molecule has 0 bridgehead atoms. The Bertz CT molecular complexity index is 1220. The summed E-state index contributed by atoms with van der Waals surface area (Å²) in [5, 5.41) is 27.2. The van der Waals surface area contributed by atoms with Crippen LogP contribution in [0.5, 0.6) is 5.75 Å². The average molecular weight is 533 g/mol. The van der Waals surface area contributed by atoms with Gasteiger partial charge in [0, 0.05) is 29.5 Å². The number of aliphatic hydroxyl groups is 1. The van der Waals surface area contributed by atoms with Crippen LogP contribution in [-0.4, -0.2) is 55.5 Å². The zero-order valence-electron chi connectivity index (χ0n) is 23.8. The van der Waals surface area contributed by atoms with Crippen molar-refractivity contribution >= 4 is 11.0 Å². The highest BCUT2D eigenvalue weighted by Crippen LogP contribution is 2.39. The molecule has 3 aromatic rings. The summed E-state index contributed by atoms with van der Waals surface area (Å²) in [5.41, 5.74) is 4.65. The third kappa shape index (κ3) is 7.39. The van der Waals surface area contributed by atoms with Gasteiger partial charge in [0.1, 0.15) is 12.4 Å². The zero-order valence-corrected chi connectivity index (χ0v) is 23.8. The molecule has 1 aliphatic heterocycles. The van der Waals surface area contributed by atoms with Crippen LogP contribution in [0.1, 0.15) is 67.3 Å². The number of likely N-dealkylation sites (tertiary alicyclic amines) is 1. The smallest absolute Gasteiger partial charge is 0.173 e. The summed E-state index contributed by atoms with van der Waals surface area (Å²) in [6.07, 6.45) is 9.43. The number of nitriles is 1. The number of ether oxygens (including phenoxy) is 1. The first-order chi connectivity index (χ1) is 19.0. The predicted octanol–water partition coefficient (Wildman–Crippen LogP) is 5.62. The topological polar surface area (TPSA) is 94.5 Å². The second-order valence-electron chi connectivity index (χ2n) is 11.4. The van der Waals surface area contributed by atoms with E-state index in [9.17, 15) is 5.11 Å². The molecule has 210 valence electrons. The zero-order chi connectivity index (χ0) is 27.7. The fraction of sp³-hybridized carbons (Fsp3) is 0.562. The van der Waals surface area contributed by atoms with Gasteiger partial charge in [-0.3, -0.25) is 0 Å². The molecule has 5 rings (SSSR count). The minimum Gasteiger partial charge on any atom is -0.488 e. The van der Waals surface area contributed by atoms with E-state index in [1.807, 2.05) is 51.4 Å². The molecule has 0 spiro atoms. The van der Waals surface area contributed by atoms with Crippen molar-refractivity contribution in [2.24, 2.45) is 11.3 Å². The summed E-state index contributed by atoms with van der Waals surface area (Å²) in [6.45, 7) is 6.16. The van der Waals surface area contributed by atoms with Gasteiger partial charge in [0.2, 0.25) is 0 Å². The molecule has 2 aromatic carbocycles.